The van der Waals surface area contributed by atoms with Crippen molar-refractivity contribution in [3.8, 4) is 0 Å². The van der Waals surface area contributed by atoms with Crippen molar-refractivity contribution >= 4 is 60.8 Å². The number of anilines is 1. The molecule has 2 aromatic carbocycles. The molecule has 1 N–H and O–H groups in total. The first-order valence-corrected chi connectivity index (χ1v) is 11.6. The van der Waals surface area contributed by atoms with Crippen molar-refractivity contribution in [1.82, 2.24) is 9.29 Å². The van der Waals surface area contributed by atoms with E-state index >= 15 is 0 Å². The Labute approximate surface area is 178 Å². The standard InChI is InChI=1S/C20H20ClN3O3S2/c1-3-24(4-2)29(26,27)18-13-14(9-10-15(18)21)22-19(25)11-12-20-23-16-7-5-6-8-17(16)28-20/h5-13H,3-4H2,1-2H3,(H,22,25)/b12-11+. The first kappa shape index (κ1) is 21.4. The third kappa shape index (κ3) is 4.84. The largest absolute Gasteiger partial charge is 0.322 e. The maximum absolute atomic E-state index is 12.8. The molecule has 6 nitrogen and oxygen atoms in total. The van der Waals surface area contributed by atoms with E-state index in [9.17, 15) is 13.2 Å². The molecule has 1 amide bonds. The third-order valence-corrected chi connectivity index (χ3v) is 7.74. The minimum Gasteiger partial charge on any atom is -0.322 e. The predicted molar refractivity (Wildman–Crippen MR) is 119 cm³/mol. The molecule has 1 aromatic heterocycles. The number of nitrogens with one attached hydrogen (secondary N) is 1. The van der Waals surface area contributed by atoms with Crippen LogP contribution in [0.1, 0.15) is 18.9 Å². The Hall–Kier alpha value is -2.26. The van der Waals surface area contributed by atoms with Crippen molar-refractivity contribution in [2.24, 2.45) is 0 Å². The van der Waals surface area contributed by atoms with Crippen molar-refractivity contribution in [2.45, 2.75) is 18.7 Å². The number of amides is 1. The number of nitrogens with zero attached hydrogens (tertiary/aromatic N) is 2. The van der Waals surface area contributed by atoms with E-state index in [-0.39, 0.29) is 9.92 Å². The monoisotopic (exact) mass is 449 g/mol. The summed E-state index contributed by atoms with van der Waals surface area (Å²) in [5, 5.41) is 3.49. The molecule has 0 aliphatic heterocycles. The minimum absolute atomic E-state index is 0.0316. The number of fused-ring (bicyclic) bond motifs is 1. The van der Waals surface area contributed by atoms with Crippen molar-refractivity contribution in [1.29, 1.82) is 0 Å². The highest BCUT2D eigenvalue weighted by Crippen LogP contribution is 2.28. The fourth-order valence-corrected chi connectivity index (χ4v) is 5.60. The van der Waals surface area contributed by atoms with Crippen molar-refractivity contribution in [2.75, 3.05) is 18.4 Å². The molecule has 9 heteroatoms. The molecule has 29 heavy (non-hydrogen) atoms. The Kier molecular flexibility index (Phi) is 6.69. The second kappa shape index (κ2) is 9.04. The van der Waals surface area contributed by atoms with Gasteiger partial charge in [-0.1, -0.05) is 37.6 Å². The molecule has 1 heterocycles. The number of hydrogen-bond donors (Lipinski definition) is 1. The van der Waals surface area contributed by atoms with E-state index in [0.717, 1.165) is 10.2 Å². The number of para-hydroxylation sites is 1. The van der Waals surface area contributed by atoms with Gasteiger partial charge in [-0.3, -0.25) is 4.79 Å². The summed E-state index contributed by atoms with van der Waals surface area (Å²) in [4.78, 5) is 16.7. The van der Waals surface area contributed by atoms with Crippen LogP contribution in [-0.4, -0.2) is 36.7 Å². The molecular formula is C20H20ClN3O3S2. The summed E-state index contributed by atoms with van der Waals surface area (Å²) in [6.07, 6.45) is 2.99. The first-order chi connectivity index (χ1) is 13.8. The van der Waals surface area contributed by atoms with E-state index in [1.807, 2.05) is 24.3 Å². The highest BCUT2D eigenvalue weighted by Gasteiger charge is 2.24. The summed E-state index contributed by atoms with van der Waals surface area (Å²) in [5.41, 5.74) is 1.22. The van der Waals surface area contributed by atoms with E-state index in [4.69, 9.17) is 11.6 Å². The van der Waals surface area contributed by atoms with Crippen LogP contribution in [0.3, 0.4) is 0 Å². The fraction of sp³-hybridized carbons (Fsp3) is 0.200. The summed E-state index contributed by atoms with van der Waals surface area (Å²) in [5.74, 6) is -0.391. The second-order valence-corrected chi connectivity index (χ2v) is 9.45. The second-order valence-electron chi connectivity index (χ2n) is 6.08. The fourth-order valence-electron chi connectivity index (χ4n) is 2.77. The average molecular weight is 450 g/mol. The van der Waals surface area contributed by atoms with Gasteiger partial charge < -0.3 is 5.32 Å². The van der Waals surface area contributed by atoms with Crippen LogP contribution < -0.4 is 5.32 Å². The van der Waals surface area contributed by atoms with E-state index in [1.54, 1.807) is 26.0 Å². The molecule has 0 fully saturated rings. The lowest BCUT2D eigenvalue weighted by Crippen LogP contribution is -2.30. The maximum atomic E-state index is 12.8. The van der Waals surface area contributed by atoms with Crippen LogP contribution in [-0.2, 0) is 14.8 Å². The van der Waals surface area contributed by atoms with Gasteiger partial charge in [0.25, 0.3) is 0 Å². The Bertz CT molecular complexity index is 1140. The van der Waals surface area contributed by atoms with Gasteiger partial charge in [-0.05, 0) is 36.4 Å². The van der Waals surface area contributed by atoms with Gasteiger partial charge in [-0.25, -0.2) is 13.4 Å². The zero-order valence-electron chi connectivity index (χ0n) is 15.9. The molecule has 0 aliphatic carbocycles. The smallest absolute Gasteiger partial charge is 0.248 e. The average Bonchev–Trinajstić information content (AvgIpc) is 3.11. The minimum atomic E-state index is -3.74. The zero-order valence-corrected chi connectivity index (χ0v) is 18.3. The summed E-state index contributed by atoms with van der Waals surface area (Å²) < 4.78 is 27.9. The SMILES string of the molecule is CCN(CC)S(=O)(=O)c1cc(NC(=O)/C=C/c2nc3ccccc3s2)ccc1Cl. The number of thiazole rings is 1. The van der Waals surface area contributed by atoms with Crippen LogP contribution in [0.4, 0.5) is 5.69 Å². The van der Waals surface area contributed by atoms with Crippen LogP contribution in [0.25, 0.3) is 16.3 Å². The third-order valence-electron chi connectivity index (χ3n) is 4.21. The lowest BCUT2D eigenvalue weighted by Gasteiger charge is -2.19. The van der Waals surface area contributed by atoms with Gasteiger partial charge in [0.05, 0.1) is 15.2 Å². The Morgan fingerprint density at radius 1 is 1.21 bits per heavy atom. The van der Waals surface area contributed by atoms with Crippen LogP contribution in [0.5, 0.6) is 0 Å². The molecule has 0 saturated carbocycles. The van der Waals surface area contributed by atoms with E-state index < -0.39 is 15.9 Å². The molecule has 0 aliphatic rings. The number of aromatic nitrogens is 1. The summed E-state index contributed by atoms with van der Waals surface area (Å²) in [7, 11) is -3.74. The molecule has 0 radical (unpaired) electrons. The highest BCUT2D eigenvalue weighted by atomic mass is 35.5. The molecule has 3 aromatic rings. The number of carbonyl (C=O) groups is 1. The molecule has 3 rings (SSSR count). The van der Waals surface area contributed by atoms with Gasteiger partial charge in [-0.2, -0.15) is 4.31 Å². The Morgan fingerprint density at radius 2 is 1.93 bits per heavy atom. The van der Waals surface area contributed by atoms with Gasteiger partial charge in [0.1, 0.15) is 9.90 Å². The first-order valence-electron chi connectivity index (χ1n) is 8.99. The molecular weight excluding hydrogens is 430 g/mol. The zero-order chi connectivity index (χ0) is 21.0. The number of rotatable bonds is 7. The van der Waals surface area contributed by atoms with Gasteiger partial charge in [0, 0.05) is 24.9 Å². The Balaban J connectivity index is 1.78. The quantitative estimate of drug-likeness (QED) is 0.533. The van der Waals surface area contributed by atoms with E-state index in [1.165, 1.54) is 33.9 Å². The van der Waals surface area contributed by atoms with Crippen molar-refractivity contribution < 1.29 is 13.2 Å². The van der Waals surface area contributed by atoms with Crippen LogP contribution in [0, 0.1) is 0 Å². The summed E-state index contributed by atoms with van der Waals surface area (Å²) in [6, 6.07) is 12.1. The van der Waals surface area contributed by atoms with Crippen LogP contribution in [0.2, 0.25) is 5.02 Å². The predicted octanol–water partition coefficient (Wildman–Crippen LogP) is 4.63. The lowest BCUT2D eigenvalue weighted by molar-refractivity contribution is -0.111. The van der Waals surface area contributed by atoms with Gasteiger partial charge in [0.2, 0.25) is 15.9 Å². The van der Waals surface area contributed by atoms with Crippen LogP contribution in [0.15, 0.2) is 53.4 Å². The number of benzene rings is 2. The summed E-state index contributed by atoms with van der Waals surface area (Å²) >= 11 is 7.60. The normalized spacial score (nSPS) is 12.1. The number of halogens is 1. The van der Waals surface area contributed by atoms with Crippen molar-refractivity contribution in [3.63, 3.8) is 0 Å². The number of sulfonamides is 1. The molecule has 0 bridgehead atoms. The molecule has 0 atom stereocenters. The maximum Gasteiger partial charge on any atom is 0.248 e. The van der Waals surface area contributed by atoms with Gasteiger partial charge in [-0.15, -0.1) is 11.3 Å². The highest BCUT2D eigenvalue weighted by molar-refractivity contribution is 7.89. The van der Waals surface area contributed by atoms with Gasteiger partial charge >= 0.3 is 0 Å². The molecule has 152 valence electrons. The summed E-state index contributed by atoms with van der Waals surface area (Å²) in [6.45, 7) is 4.17. The van der Waals surface area contributed by atoms with Crippen molar-refractivity contribution in [3.05, 3.63) is 58.6 Å². The molecule has 0 unspecified atom stereocenters. The molecule has 0 saturated heterocycles. The number of hydrogen-bond acceptors (Lipinski definition) is 5. The van der Waals surface area contributed by atoms with E-state index in [0.29, 0.717) is 23.8 Å². The van der Waals surface area contributed by atoms with Crippen LogP contribution >= 0.6 is 22.9 Å². The lowest BCUT2D eigenvalue weighted by atomic mass is 10.3. The Morgan fingerprint density at radius 3 is 2.62 bits per heavy atom. The van der Waals surface area contributed by atoms with Gasteiger partial charge in [0.15, 0.2) is 0 Å². The number of carbonyl (C=O) groups excluding carboxylic acids is 1. The van der Waals surface area contributed by atoms with E-state index in [2.05, 4.69) is 10.3 Å². The topological polar surface area (TPSA) is 79.4 Å². The molecule has 0 spiro atoms.